The monoisotopic (exact) mass is 295 g/mol. The number of methoxy groups -OCH3 is 1. The Labute approximate surface area is 128 Å². The normalized spacial score (nSPS) is 10.6. The van der Waals surface area contributed by atoms with Crippen LogP contribution in [0.15, 0.2) is 36.7 Å². The highest BCUT2D eigenvalue weighted by Gasteiger charge is 2.07. The number of ether oxygens (including phenoxy) is 1. The van der Waals surface area contributed by atoms with Gasteiger partial charge in [0.2, 0.25) is 0 Å². The van der Waals surface area contributed by atoms with Crippen LogP contribution in [0.4, 0.5) is 5.82 Å². The third-order valence-electron chi connectivity index (χ3n) is 3.31. The van der Waals surface area contributed by atoms with Gasteiger partial charge in [-0.1, -0.05) is 12.1 Å². The van der Waals surface area contributed by atoms with Crippen molar-refractivity contribution in [3.63, 3.8) is 0 Å². The molecule has 0 unspecified atom stereocenters. The fourth-order valence-electron chi connectivity index (χ4n) is 2.21. The van der Waals surface area contributed by atoms with Gasteiger partial charge in [-0.3, -0.25) is 0 Å². The molecule has 0 fully saturated rings. The summed E-state index contributed by atoms with van der Waals surface area (Å²) in [7, 11) is 1.67. The number of hydrogen-bond donors (Lipinski definition) is 1. The molecule has 0 bridgehead atoms. The van der Waals surface area contributed by atoms with Crippen molar-refractivity contribution in [1.29, 1.82) is 0 Å². The maximum atomic E-state index is 5.16. The van der Waals surface area contributed by atoms with Crippen molar-refractivity contribution < 1.29 is 4.74 Å². The lowest BCUT2D eigenvalue weighted by molar-refractivity contribution is 0.414. The largest absolute Gasteiger partial charge is 0.497 e. The molecule has 112 valence electrons. The smallest absolute Gasteiger partial charge is 0.183 e. The van der Waals surface area contributed by atoms with E-state index in [1.165, 1.54) is 5.56 Å². The number of anilines is 1. The number of hydrogen-bond acceptors (Lipinski definition) is 6. The number of nitrogens with zero attached hydrogens (tertiary/aromatic N) is 4. The van der Waals surface area contributed by atoms with Gasteiger partial charge in [0.05, 0.1) is 7.11 Å². The summed E-state index contributed by atoms with van der Waals surface area (Å²) < 4.78 is 5.16. The first-order valence-electron chi connectivity index (χ1n) is 7.08. The molecule has 6 heteroatoms. The van der Waals surface area contributed by atoms with E-state index in [1.54, 1.807) is 19.5 Å². The average Bonchev–Trinajstić information content (AvgIpc) is 2.55. The van der Waals surface area contributed by atoms with Crippen molar-refractivity contribution in [3.05, 3.63) is 48.0 Å². The topological polar surface area (TPSA) is 72.8 Å². The number of nitrogens with one attached hydrogen (secondary N) is 1. The van der Waals surface area contributed by atoms with Crippen LogP contribution >= 0.6 is 0 Å². The van der Waals surface area contributed by atoms with Crippen LogP contribution in [-0.2, 0) is 6.42 Å². The molecule has 0 saturated heterocycles. The zero-order chi connectivity index (χ0) is 15.4. The molecule has 22 heavy (non-hydrogen) atoms. The van der Waals surface area contributed by atoms with E-state index in [0.29, 0.717) is 17.0 Å². The lowest BCUT2D eigenvalue weighted by Gasteiger charge is -2.08. The van der Waals surface area contributed by atoms with E-state index < -0.39 is 0 Å². The molecule has 0 atom stereocenters. The van der Waals surface area contributed by atoms with Gasteiger partial charge >= 0.3 is 0 Å². The van der Waals surface area contributed by atoms with E-state index in [2.05, 4.69) is 37.4 Å². The fourth-order valence-corrected chi connectivity index (χ4v) is 2.21. The van der Waals surface area contributed by atoms with Crippen LogP contribution in [-0.4, -0.2) is 33.6 Å². The summed E-state index contributed by atoms with van der Waals surface area (Å²) in [5, 5.41) is 3.32. The van der Waals surface area contributed by atoms with Crippen molar-refractivity contribution >= 4 is 17.0 Å². The second-order valence-corrected chi connectivity index (χ2v) is 4.87. The summed E-state index contributed by atoms with van der Waals surface area (Å²) in [6, 6.07) is 8.05. The number of rotatable bonds is 5. The summed E-state index contributed by atoms with van der Waals surface area (Å²) >= 11 is 0. The summed E-state index contributed by atoms with van der Waals surface area (Å²) in [6.45, 7) is 2.61. The summed E-state index contributed by atoms with van der Waals surface area (Å²) in [5.41, 5.74) is 2.54. The first-order valence-corrected chi connectivity index (χ1v) is 7.08. The minimum atomic E-state index is 0.613. The minimum Gasteiger partial charge on any atom is -0.497 e. The second kappa shape index (κ2) is 6.34. The van der Waals surface area contributed by atoms with E-state index >= 15 is 0 Å². The van der Waals surface area contributed by atoms with Crippen LogP contribution in [0.3, 0.4) is 0 Å². The predicted octanol–water partition coefficient (Wildman–Crippen LogP) is 2.39. The first-order chi connectivity index (χ1) is 10.8. The van der Waals surface area contributed by atoms with Gasteiger partial charge in [0.15, 0.2) is 11.5 Å². The number of fused-ring (bicyclic) bond motifs is 1. The summed E-state index contributed by atoms with van der Waals surface area (Å²) in [5.74, 6) is 2.27. The number of aryl methyl sites for hydroxylation is 1. The molecule has 3 rings (SSSR count). The van der Waals surface area contributed by atoms with Crippen LogP contribution in [0.1, 0.15) is 11.4 Å². The van der Waals surface area contributed by atoms with Crippen molar-refractivity contribution in [1.82, 2.24) is 19.9 Å². The Morgan fingerprint density at radius 3 is 2.59 bits per heavy atom. The van der Waals surface area contributed by atoms with Gasteiger partial charge in [-0.2, -0.15) is 0 Å². The molecule has 0 spiro atoms. The second-order valence-electron chi connectivity index (χ2n) is 4.87. The molecule has 2 aromatic heterocycles. The molecule has 0 aliphatic heterocycles. The fraction of sp³-hybridized carbons (Fsp3) is 0.250. The number of benzene rings is 1. The van der Waals surface area contributed by atoms with Gasteiger partial charge < -0.3 is 10.1 Å². The Hall–Kier alpha value is -2.76. The van der Waals surface area contributed by atoms with Crippen molar-refractivity contribution in [2.24, 2.45) is 0 Å². The van der Waals surface area contributed by atoms with Gasteiger partial charge in [-0.05, 0) is 31.0 Å². The summed E-state index contributed by atoms with van der Waals surface area (Å²) in [4.78, 5) is 17.2. The van der Waals surface area contributed by atoms with E-state index in [-0.39, 0.29) is 0 Å². The zero-order valence-electron chi connectivity index (χ0n) is 12.6. The molecule has 0 aliphatic carbocycles. The van der Waals surface area contributed by atoms with E-state index in [9.17, 15) is 0 Å². The zero-order valence-corrected chi connectivity index (χ0v) is 12.6. The lowest BCUT2D eigenvalue weighted by Crippen LogP contribution is -2.09. The van der Waals surface area contributed by atoms with E-state index in [0.717, 1.165) is 24.5 Å². The predicted molar refractivity (Wildman–Crippen MR) is 85.1 cm³/mol. The molecule has 0 amide bonds. The third kappa shape index (κ3) is 3.11. The van der Waals surface area contributed by atoms with Gasteiger partial charge in [0.25, 0.3) is 0 Å². The molecular formula is C16H17N5O. The Bertz CT molecular complexity index is 773. The van der Waals surface area contributed by atoms with Gasteiger partial charge in [-0.15, -0.1) is 0 Å². The highest BCUT2D eigenvalue weighted by atomic mass is 16.5. The van der Waals surface area contributed by atoms with Crippen LogP contribution in [0.5, 0.6) is 5.75 Å². The Morgan fingerprint density at radius 1 is 1.05 bits per heavy atom. The highest BCUT2D eigenvalue weighted by molar-refractivity contribution is 5.81. The van der Waals surface area contributed by atoms with Crippen molar-refractivity contribution in [2.75, 3.05) is 19.0 Å². The molecule has 1 aromatic carbocycles. The van der Waals surface area contributed by atoms with E-state index in [1.807, 2.05) is 19.1 Å². The van der Waals surface area contributed by atoms with E-state index in [4.69, 9.17) is 4.74 Å². The van der Waals surface area contributed by atoms with Crippen LogP contribution in [0.25, 0.3) is 11.2 Å². The Kier molecular flexibility index (Phi) is 4.09. The first kappa shape index (κ1) is 14.2. The standard InChI is InChI=1S/C16H17N5O/c1-11-20-15(14-16(21-11)19-10-9-17-14)18-8-7-12-3-5-13(22-2)6-4-12/h3-6,9-10H,7-8H2,1-2H3,(H,18,19,20,21). The summed E-state index contributed by atoms with van der Waals surface area (Å²) in [6.07, 6.45) is 4.17. The molecule has 3 aromatic rings. The van der Waals surface area contributed by atoms with Gasteiger partial charge in [0.1, 0.15) is 17.1 Å². The van der Waals surface area contributed by atoms with Crippen LogP contribution in [0.2, 0.25) is 0 Å². The lowest BCUT2D eigenvalue weighted by atomic mass is 10.1. The third-order valence-corrected chi connectivity index (χ3v) is 3.31. The highest BCUT2D eigenvalue weighted by Crippen LogP contribution is 2.16. The van der Waals surface area contributed by atoms with Crippen LogP contribution < -0.4 is 10.1 Å². The Balaban J connectivity index is 1.71. The maximum absolute atomic E-state index is 5.16. The van der Waals surface area contributed by atoms with Crippen molar-refractivity contribution in [2.45, 2.75) is 13.3 Å². The molecule has 1 N–H and O–H groups in total. The maximum Gasteiger partial charge on any atom is 0.183 e. The number of aromatic nitrogens is 4. The quantitative estimate of drug-likeness (QED) is 0.779. The van der Waals surface area contributed by atoms with Crippen molar-refractivity contribution in [3.8, 4) is 5.75 Å². The van der Waals surface area contributed by atoms with Gasteiger partial charge in [0, 0.05) is 18.9 Å². The molecule has 6 nitrogen and oxygen atoms in total. The molecule has 0 saturated carbocycles. The molecule has 0 aliphatic rings. The van der Waals surface area contributed by atoms with Crippen LogP contribution in [0, 0.1) is 6.92 Å². The molecule has 0 radical (unpaired) electrons. The average molecular weight is 295 g/mol. The molecule has 2 heterocycles. The van der Waals surface area contributed by atoms with Gasteiger partial charge in [-0.25, -0.2) is 19.9 Å². The Morgan fingerprint density at radius 2 is 1.82 bits per heavy atom. The minimum absolute atomic E-state index is 0.613. The molecular weight excluding hydrogens is 278 g/mol. The SMILES string of the molecule is COc1ccc(CCNc2nc(C)nc3nccnc23)cc1.